The van der Waals surface area contributed by atoms with Crippen molar-refractivity contribution in [1.29, 1.82) is 0 Å². The summed E-state index contributed by atoms with van der Waals surface area (Å²) in [5.41, 5.74) is 0.492. The van der Waals surface area contributed by atoms with E-state index in [1.165, 1.54) is 18.3 Å². The molecule has 13 heteroatoms. The van der Waals surface area contributed by atoms with Gasteiger partial charge in [0.2, 0.25) is 0 Å². The van der Waals surface area contributed by atoms with E-state index in [9.17, 15) is 18.0 Å². The first-order valence-corrected chi connectivity index (χ1v) is 13.4. The Morgan fingerprint density at radius 3 is 2.85 bits per heavy atom. The van der Waals surface area contributed by atoms with E-state index in [1.54, 1.807) is 23.4 Å². The maximum Gasteiger partial charge on any atom is 0.416 e. The summed E-state index contributed by atoms with van der Waals surface area (Å²) in [5, 5.41) is 2.89. The fraction of sp³-hybridized carbons (Fsp3) is 0.429. The van der Waals surface area contributed by atoms with Crippen LogP contribution >= 0.6 is 0 Å². The summed E-state index contributed by atoms with van der Waals surface area (Å²) >= 11 is 0. The number of aromatic nitrogens is 3. The van der Waals surface area contributed by atoms with Crippen molar-refractivity contribution >= 4 is 23.2 Å². The van der Waals surface area contributed by atoms with Crippen molar-refractivity contribution in [2.45, 2.75) is 50.8 Å². The lowest BCUT2D eigenvalue weighted by Crippen LogP contribution is -2.56. The third-order valence-corrected chi connectivity index (χ3v) is 7.22. The van der Waals surface area contributed by atoms with Gasteiger partial charge in [0.15, 0.2) is 17.4 Å². The molecule has 0 aliphatic carbocycles. The number of alkyl halides is 3. The minimum Gasteiger partial charge on any atom is -0.489 e. The Kier molecular flexibility index (Phi) is 6.94. The molecule has 2 atom stereocenters. The number of carbonyl (C=O) groups excluding carboxylic acids is 1. The molecule has 2 bridgehead atoms. The third-order valence-electron chi connectivity index (χ3n) is 7.22. The molecular weight excluding hydrogens is 541 g/mol. The van der Waals surface area contributed by atoms with Gasteiger partial charge in [0.25, 0.3) is 0 Å². The fourth-order valence-electron chi connectivity index (χ4n) is 5.34. The summed E-state index contributed by atoms with van der Waals surface area (Å²) in [6.45, 7) is 5.73. The predicted octanol–water partition coefficient (Wildman–Crippen LogP) is 5.11. The monoisotopic (exact) mass is 570 g/mol. The van der Waals surface area contributed by atoms with Gasteiger partial charge in [-0.05, 0) is 38.8 Å². The standard InChI is InChI=1S/C28H29F3N6O4/c1-27(2)40-16-22(41-27)15-39-21-10-19(11-32-12-21)34-26(38)37-20-7-4-8-36(14-20)23-13-33-24(35-25(23)37)17-5-3-6-18(9-17)28(29,30)31/h3,5-6,9-13,20,22H,4,7-8,14-16H2,1-2H3,(H,34,38)/t20-,22-/m0/s1. The van der Waals surface area contributed by atoms with Crippen LogP contribution in [0.4, 0.5) is 35.2 Å². The van der Waals surface area contributed by atoms with Crippen LogP contribution in [0.5, 0.6) is 5.75 Å². The number of hydrogen-bond acceptors (Lipinski definition) is 8. The van der Waals surface area contributed by atoms with Gasteiger partial charge in [-0.3, -0.25) is 9.88 Å². The van der Waals surface area contributed by atoms with Gasteiger partial charge in [-0.1, -0.05) is 12.1 Å². The lowest BCUT2D eigenvalue weighted by atomic mass is 10.0. The number of piperidine rings is 1. The summed E-state index contributed by atoms with van der Waals surface area (Å²) < 4.78 is 57.2. The molecule has 10 nitrogen and oxygen atoms in total. The molecule has 6 rings (SSSR count). The maximum atomic E-state index is 13.7. The fourth-order valence-corrected chi connectivity index (χ4v) is 5.34. The second kappa shape index (κ2) is 10.5. The molecule has 5 heterocycles. The van der Waals surface area contributed by atoms with Gasteiger partial charge in [-0.15, -0.1) is 0 Å². The first-order valence-electron chi connectivity index (χ1n) is 13.4. The zero-order valence-electron chi connectivity index (χ0n) is 22.5. The van der Waals surface area contributed by atoms with Gasteiger partial charge >= 0.3 is 12.2 Å². The molecule has 0 radical (unpaired) electrons. The van der Waals surface area contributed by atoms with Crippen LogP contribution in [0, 0.1) is 0 Å². The number of pyridine rings is 1. The zero-order valence-corrected chi connectivity index (χ0v) is 22.5. The Hall–Kier alpha value is -3.97. The Morgan fingerprint density at radius 2 is 2.07 bits per heavy atom. The number of carbonyl (C=O) groups is 1. The number of urea groups is 1. The molecule has 2 fully saturated rings. The van der Waals surface area contributed by atoms with Gasteiger partial charge in [0.1, 0.15) is 18.5 Å². The molecular formula is C28H29F3N6O4. The molecule has 0 unspecified atom stereocenters. The zero-order chi connectivity index (χ0) is 28.8. The van der Waals surface area contributed by atoms with Crippen LogP contribution in [-0.4, -0.2) is 65.2 Å². The number of rotatable bonds is 5. The van der Waals surface area contributed by atoms with Crippen LogP contribution in [0.25, 0.3) is 11.4 Å². The molecule has 3 aliphatic rings. The van der Waals surface area contributed by atoms with Gasteiger partial charge in [-0.25, -0.2) is 14.8 Å². The Bertz CT molecular complexity index is 1450. The van der Waals surface area contributed by atoms with Crippen molar-refractivity contribution in [3.8, 4) is 17.1 Å². The van der Waals surface area contributed by atoms with Crippen LogP contribution in [0.15, 0.2) is 48.9 Å². The lowest BCUT2D eigenvalue weighted by molar-refractivity contribution is -0.141. The molecule has 3 aliphatic heterocycles. The molecule has 1 aromatic carbocycles. The van der Waals surface area contributed by atoms with Crippen LogP contribution in [0.1, 0.15) is 32.3 Å². The SMILES string of the molecule is CC1(C)OC[C@H](COc2cncc(NC(=O)N3c4nc(-c5cccc(C(F)(F)F)c5)ncc4N4CCC[C@H]3C4)c2)O1. The number of hydrogen-bond donors (Lipinski definition) is 1. The van der Waals surface area contributed by atoms with E-state index in [2.05, 4.69) is 25.2 Å². The van der Waals surface area contributed by atoms with Crippen molar-refractivity contribution in [1.82, 2.24) is 15.0 Å². The number of halogens is 3. The first-order chi connectivity index (χ1) is 19.6. The van der Waals surface area contributed by atoms with Crippen molar-refractivity contribution in [2.24, 2.45) is 0 Å². The summed E-state index contributed by atoms with van der Waals surface area (Å²) in [6, 6.07) is 5.91. The van der Waals surface area contributed by atoms with Gasteiger partial charge in [-0.2, -0.15) is 13.2 Å². The number of benzene rings is 1. The van der Waals surface area contributed by atoms with E-state index in [0.717, 1.165) is 31.5 Å². The number of ether oxygens (including phenoxy) is 3. The average Bonchev–Trinajstić information content (AvgIpc) is 3.30. The topological polar surface area (TPSA) is 102 Å². The number of nitrogens with zero attached hydrogens (tertiary/aromatic N) is 5. The summed E-state index contributed by atoms with van der Waals surface area (Å²) in [7, 11) is 0. The summed E-state index contributed by atoms with van der Waals surface area (Å²) in [4.78, 5) is 30.5. The minimum atomic E-state index is -4.50. The van der Waals surface area contributed by atoms with E-state index < -0.39 is 23.6 Å². The molecule has 1 N–H and O–H groups in total. The predicted molar refractivity (Wildman–Crippen MR) is 144 cm³/mol. The summed E-state index contributed by atoms with van der Waals surface area (Å²) in [6.07, 6.45) is 1.53. The highest BCUT2D eigenvalue weighted by Gasteiger charge is 2.39. The molecule has 2 aromatic heterocycles. The molecule has 2 amide bonds. The second-order valence-electron chi connectivity index (χ2n) is 10.7. The molecule has 0 saturated carbocycles. The van der Waals surface area contributed by atoms with Crippen LogP contribution < -0.4 is 19.9 Å². The second-order valence-corrected chi connectivity index (χ2v) is 10.7. The molecule has 0 spiro atoms. The number of anilines is 3. The van der Waals surface area contributed by atoms with Crippen molar-refractivity contribution in [3.63, 3.8) is 0 Å². The van der Waals surface area contributed by atoms with E-state index in [0.29, 0.717) is 36.1 Å². The quantitative estimate of drug-likeness (QED) is 0.452. The van der Waals surface area contributed by atoms with Crippen molar-refractivity contribution in [2.75, 3.05) is 41.4 Å². The number of fused-ring (bicyclic) bond motifs is 4. The molecule has 216 valence electrons. The summed E-state index contributed by atoms with van der Waals surface area (Å²) in [5.74, 6) is 0.245. The Labute approximate surface area is 234 Å². The largest absolute Gasteiger partial charge is 0.489 e. The van der Waals surface area contributed by atoms with Gasteiger partial charge in [0.05, 0.1) is 48.2 Å². The van der Waals surface area contributed by atoms with Gasteiger partial charge in [0, 0.05) is 24.7 Å². The molecule has 41 heavy (non-hydrogen) atoms. The highest BCUT2D eigenvalue weighted by molar-refractivity contribution is 6.04. The van der Waals surface area contributed by atoms with E-state index in [4.69, 9.17) is 14.2 Å². The average molecular weight is 571 g/mol. The van der Waals surface area contributed by atoms with Crippen LogP contribution in [-0.2, 0) is 15.7 Å². The van der Waals surface area contributed by atoms with Crippen LogP contribution in [0.3, 0.4) is 0 Å². The lowest BCUT2D eigenvalue weighted by Gasteiger charge is -2.45. The first kappa shape index (κ1) is 27.2. The highest BCUT2D eigenvalue weighted by atomic mass is 19.4. The normalized spacial score (nSPS) is 21.4. The Balaban J connectivity index is 1.24. The Morgan fingerprint density at radius 1 is 1.22 bits per heavy atom. The maximum absolute atomic E-state index is 13.7. The third kappa shape index (κ3) is 5.77. The highest BCUT2D eigenvalue weighted by Crippen LogP contribution is 2.39. The molecule has 3 aromatic rings. The van der Waals surface area contributed by atoms with Crippen molar-refractivity contribution < 1.29 is 32.2 Å². The van der Waals surface area contributed by atoms with Gasteiger partial charge < -0.3 is 24.4 Å². The number of nitrogens with one attached hydrogen (secondary N) is 1. The van der Waals surface area contributed by atoms with E-state index in [1.807, 2.05) is 13.8 Å². The number of amides is 2. The smallest absolute Gasteiger partial charge is 0.416 e. The van der Waals surface area contributed by atoms with Crippen molar-refractivity contribution in [3.05, 3.63) is 54.5 Å². The van der Waals surface area contributed by atoms with E-state index in [-0.39, 0.29) is 30.1 Å². The van der Waals surface area contributed by atoms with E-state index >= 15 is 0 Å². The minimum absolute atomic E-state index is 0.104. The van der Waals surface area contributed by atoms with Crippen LogP contribution in [0.2, 0.25) is 0 Å². The molecule has 2 saturated heterocycles.